The smallest absolute Gasteiger partial charge is 0.150 e. The fourth-order valence-electron chi connectivity index (χ4n) is 2.59. The third-order valence-corrected chi connectivity index (χ3v) is 3.54. The summed E-state index contributed by atoms with van der Waals surface area (Å²) in [4.78, 5) is 6.65. The number of rotatable bonds is 5. The second kappa shape index (κ2) is 5.63. The summed E-state index contributed by atoms with van der Waals surface area (Å²) in [7, 11) is 2.08. The molecule has 0 spiro atoms. The number of likely N-dealkylation sites (N-methyl/N-ethyl adjacent to an activating group) is 1. The average Bonchev–Trinajstić information content (AvgIpc) is 3.04. The molecule has 0 amide bonds. The number of benzene rings is 1. The highest BCUT2D eigenvalue weighted by molar-refractivity contribution is 5.37. The molecule has 0 saturated heterocycles. The number of aromatic amines is 1. The number of aromatic nitrogens is 3. The zero-order chi connectivity index (χ0) is 13.9. The summed E-state index contributed by atoms with van der Waals surface area (Å²) in [5.74, 6) is 2.82. The minimum absolute atomic E-state index is 0.228. The van der Waals surface area contributed by atoms with Gasteiger partial charge in [-0.25, -0.2) is 4.98 Å². The van der Waals surface area contributed by atoms with Crippen molar-refractivity contribution in [2.24, 2.45) is 0 Å². The quantitative estimate of drug-likeness (QED) is 0.902. The van der Waals surface area contributed by atoms with Crippen molar-refractivity contribution in [1.29, 1.82) is 0 Å². The Bertz CT molecular complexity index is 556. The summed E-state index contributed by atoms with van der Waals surface area (Å²) in [6.45, 7) is 3.71. The fraction of sp³-hybridized carbons (Fsp3) is 0.467. The van der Waals surface area contributed by atoms with Crippen molar-refractivity contribution in [3.05, 3.63) is 41.5 Å². The van der Waals surface area contributed by atoms with E-state index in [4.69, 9.17) is 4.74 Å². The Balaban J connectivity index is 1.54. The summed E-state index contributed by atoms with van der Waals surface area (Å²) < 4.78 is 5.95. The number of hydrogen-bond donors (Lipinski definition) is 1. The van der Waals surface area contributed by atoms with E-state index < -0.39 is 0 Å². The summed E-state index contributed by atoms with van der Waals surface area (Å²) >= 11 is 0. The Morgan fingerprint density at radius 1 is 1.40 bits per heavy atom. The number of aryl methyl sites for hydroxylation is 1. The van der Waals surface area contributed by atoms with Gasteiger partial charge in [0.2, 0.25) is 0 Å². The number of nitrogens with one attached hydrogen (secondary N) is 1. The molecular formula is C15H20N4O. The van der Waals surface area contributed by atoms with Gasteiger partial charge in [0.1, 0.15) is 23.5 Å². The maximum Gasteiger partial charge on any atom is 0.150 e. The Morgan fingerprint density at radius 2 is 2.25 bits per heavy atom. The van der Waals surface area contributed by atoms with Gasteiger partial charge in [-0.15, -0.1) is 0 Å². The van der Waals surface area contributed by atoms with Crippen LogP contribution < -0.4 is 4.74 Å². The van der Waals surface area contributed by atoms with E-state index in [1.165, 1.54) is 5.56 Å². The van der Waals surface area contributed by atoms with Crippen LogP contribution >= 0.6 is 0 Å². The third kappa shape index (κ3) is 2.82. The van der Waals surface area contributed by atoms with E-state index >= 15 is 0 Å². The molecule has 1 aliphatic heterocycles. The van der Waals surface area contributed by atoms with E-state index in [1.807, 2.05) is 12.1 Å². The van der Waals surface area contributed by atoms with E-state index in [9.17, 15) is 0 Å². The summed E-state index contributed by atoms with van der Waals surface area (Å²) in [5.41, 5.74) is 1.30. The SMILES string of the molecule is CCc1n[nH]c(CN(C)C[C@@H]2Cc3ccccc3O2)n1. The maximum atomic E-state index is 5.95. The lowest BCUT2D eigenvalue weighted by molar-refractivity contribution is 0.163. The van der Waals surface area contributed by atoms with Crippen molar-refractivity contribution in [3.63, 3.8) is 0 Å². The lowest BCUT2D eigenvalue weighted by Crippen LogP contribution is -2.31. The monoisotopic (exact) mass is 272 g/mol. The third-order valence-electron chi connectivity index (χ3n) is 3.54. The Hall–Kier alpha value is -1.88. The van der Waals surface area contributed by atoms with Crippen molar-refractivity contribution in [3.8, 4) is 5.75 Å². The molecule has 1 atom stereocenters. The van der Waals surface area contributed by atoms with Crippen LogP contribution in [0.4, 0.5) is 0 Å². The van der Waals surface area contributed by atoms with Gasteiger partial charge in [-0.2, -0.15) is 5.10 Å². The molecule has 0 radical (unpaired) electrons. The largest absolute Gasteiger partial charge is 0.488 e. The summed E-state index contributed by atoms with van der Waals surface area (Å²) in [6.07, 6.45) is 2.07. The van der Waals surface area contributed by atoms with Crippen LogP contribution in [0.1, 0.15) is 24.1 Å². The molecule has 0 unspecified atom stereocenters. The van der Waals surface area contributed by atoms with Crippen LogP contribution in [0.3, 0.4) is 0 Å². The normalized spacial score (nSPS) is 17.2. The second-order valence-corrected chi connectivity index (χ2v) is 5.30. The number of nitrogens with zero attached hydrogens (tertiary/aromatic N) is 3. The van der Waals surface area contributed by atoms with E-state index in [2.05, 4.69) is 46.2 Å². The Labute approximate surface area is 119 Å². The molecule has 2 aromatic rings. The minimum atomic E-state index is 0.228. The van der Waals surface area contributed by atoms with Gasteiger partial charge in [-0.05, 0) is 18.7 Å². The molecule has 2 heterocycles. The molecule has 0 fully saturated rings. The zero-order valence-electron chi connectivity index (χ0n) is 12.0. The van der Waals surface area contributed by atoms with Crippen LogP contribution in [0.2, 0.25) is 0 Å². The first-order valence-electron chi connectivity index (χ1n) is 7.08. The summed E-state index contributed by atoms with van der Waals surface area (Å²) in [5, 5.41) is 7.14. The van der Waals surface area contributed by atoms with Crippen LogP contribution in [0.25, 0.3) is 0 Å². The first-order valence-corrected chi connectivity index (χ1v) is 7.08. The highest BCUT2D eigenvalue weighted by Crippen LogP contribution is 2.28. The van der Waals surface area contributed by atoms with Crippen molar-refractivity contribution < 1.29 is 4.74 Å². The van der Waals surface area contributed by atoms with Crippen LogP contribution in [0.5, 0.6) is 5.75 Å². The highest BCUT2D eigenvalue weighted by Gasteiger charge is 2.23. The van der Waals surface area contributed by atoms with Crippen molar-refractivity contribution in [1.82, 2.24) is 20.1 Å². The Kier molecular flexibility index (Phi) is 3.69. The van der Waals surface area contributed by atoms with Gasteiger partial charge in [0.25, 0.3) is 0 Å². The number of ether oxygens (including phenoxy) is 1. The molecular weight excluding hydrogens is 252 g/mol. The molecule has 0 aliphatic carbocycles. The van der Waals surface area contributed by atoms with Gasteiger partial charge < -0.3 is 4.74 Å². The van der Waals surface area contributed by atoms with Gasteiger partial charge in [0, 0.05) is 19.4 Å². The number of H-pyrrole nitrogens is 1. The van der Waals surface area contributed by atoms with E-state index in [-0.39, 0.29) is 6.10 Å². The lowest BCUT2D eigenvalue weighted by atomic mass is 10.1. The van der Waals surface area contributed by atoms with E-state index in [1.54, 1.807) is 0 Å². The predicted molar refractivity (Wildman–Crippen MR) is 76.7 cm³/mol. The zero-order valence-corrected chi connectivity index (χ0v) is 12.0. The number of fused-ring (bicyclic) bond motifs is 1. The average molecular weight is 272 g/mol. The van der Waals surface area contributed by atoms with Crippen molar-refractivity contribution in [2.45, 2.75) is 32.4 Å². The fourth-order valence-corrected chi connectivity index (χ4v) is 2.59. The van der Waals surface area contributed by atoms with Crippen LogP contribution in [-0.4, -0.2) is 39.8 Å². The molecule has 1 aromatic heterocycles. The maximum absolute atomic E-state index is 5.95. The molecule has 1 aromatic carbocycles. The Morgan fingerprint density at radius 3 is 3.00 bits per heavy atom. The van der Waals surface area contributed by atoms with Crippen molar-refractivity contribution in [2.75, 3.05) is 13.6 Å². The van der Waals surface area contributed by atoms with Crippen LogP contribution in [0.15, 0.2) is 24.3 Å². The predicted octanol–water partition coefficient (Wildman–Crippen LogP) is 1.80. The van der Waals surface area contributed by atoms with Crippen LogP contribution in [0, 0.1) is 0 Å². The van der Waals surface area contributed by atoms with Gasteiger partial charge in [-0.3, -0.25) is 10.00 Å². The molecule has 5 heteroatoms. The van der Waals surface area contributed by atoms with Gasteiger partial charge in [-0.1, -0.05) is 25.1 Å². The molecule has 1 aliphatic rings. The van der Waals surface area contributed by atoms with Crippen molar-refractivity contribution >= 4 is 0 Å². The molecule has 5 nitrogen and oxygen atoms in total. The first kappa shape index (κ1) is 13.1. The second-order valence-electron chi connectivity index (χ2n) is 5.30. The first-order chi connectivity index (χ1) is 9.74. The van der Waals surface area contributed by atoms with Crippen LogP contribution in [-0.2, 0) is 19.4 Å². The number of hydrogen-bond acceptors (Lipinski definition) is 4. The highest BCUT2D eigenvalue weighted by atomic mass is 16.5. The minimum Gasteiger partial charge on any atom is -0.488 e. The van der Waals surface area contributed by atoms with E-state index in [0.717, 1.165) is 43.3 Å². The van der Waals surface area contributed by atoms with E-state index in [0.29, 0.717) is 0 Å². The molecule has 0 saturated carbocycles. The van der Waals surface area contributed by atoms with Gasteiger partial charge in [0.15, 0.2) is 0 Å². The summed E-state index contributed by atoms with van der Waals surface area (Å²) in [6, 6.07) is 8.26. The lowest BCUT2D eigenvalue weighted by Gasteiger charge is -2.19. The molecule has 20 heavy (non-hydrogen) atoms. The topological polar surface area (TPSA) is 54.0 Å². The van der Waals surface area contributed by atoms with Gasteiger partial charge >= 0.3 is 0 Å². The van der Waals surface area contributed by atoms with Gasteiger partial charge in [0.05, 0.1) is 6.54 Å². The molecule has 0 bridgehead atoms. The molecule has 1 N–H and O–H groups in total. The standard InChI is InChI=1S/C15H20N4O/c1-3-14-16-15(18-17-14)10-19(2)9-12-8-11-6-4-5-7-13(11)20-12/h4-7,12H,3,8-10H2,1-2H3,(H,16,17,18)/t12-/m0/s1. The molecule has 106 valence electrons. The number of para-hydroxylation sites is 1. The molecule has 3 rings (SSSR count).